The minimum Gasteiger partial charge on any atom is -0.377 e. The van der Waals surface area contributed by atoms with E-state index in [-0.39, 0.29) is 24.5 Å². The van der Waals surface area contributed by atoms with Gasteiger partial charge in [-0.25, -0.2) is 0 Å². The van der Waals surface area contributed by atoms with Crippen molar-refractivity contribution in [1.29, 1.82) is 0 Å². The Balaban J connectivity index is 2.19. The van der Waals surface area contributed by atoms with Crippen molar-refractivity contribution in [3.63, 3.8) is 0 Å². The second kappa shape index (κ2) is 2.02. The summed E-state index contributed by atoms with van der Waals surface area (Å²) in [4.78, 5) is 11.0. The van der Waals surface area contributed by atoms with Crippen molar-refractivity contribution in [2.45, 2.75) is 12.1 Å². The summed E-state index contributed by atoms with van der Waals surface area (Å²) in [5, 5.41) is 0.826. The molecule has 0 bridgehead atoms. The number of Topliss-reactive ketones (excluding diaryl/α,β-unsaturated/α-hetero) is 1. The fraction of sp³-hybridized carbons (Fsp3) is 0.667. The third-order valence-electron chi connectivity index (χ3n) is 2.06. The smallest absolute Gasteiger partial charge is 0.217 e. The lowest BCUT2D eigenvalue weighted by atomic mass is 10.1. The Labute approximate surface area is 59.1 Å². The zero-order valence-electron chi connectivity index (χ0n) is 5.59. The minimum absolute atomic E-state index is 0.0556. The van der Waals surface area contributed by atoms with Crippen LogP contribution in [-0.4, -0.2) is 31.1 Å². The van der Waals surface area contributed by atoms with Gasteiger partial charge in [-0.3, -0.25) is 4.79 Å². The van der Waals surface area contributed by atoms with Crippen LogP contribution in [0.4, 0.5) is 0 Å². The largest absolute Gasteiger partial charge is 0.377 e. The number of ether oxygens (including phenoxy) is 1. The molecule has 2 N–H and O–H groups in total. The molecule has 4 nitrogen and oxygen atoms in total. The lowest BCUT2D eigenvalue weighted by Crippen LogP contribution is -3.15. The normalized spacial score (nSPS) is 46.1. The molecule has 0 aliphatic carbocycles. The van der Waals surface area contributed by atoms with Crippen LogP contribution in [0.1, 0.15) is 0 Å². The highest BCUT2D eigenvalue weighted by molar-refractivity contribution is 5.86. The van der Waals surface area contributed by atoms with Crippen LogP contribution in [0, 0.1) is 7.05 Å². The average molecular weight is 142 g/mol. The SMILES string of the molecule is [CH2-][NH+]1NCC2OCC(=O)C21. The molecular weight excluding hydrogens is 132 g/mol. The predicted molar refractivity (Wildman–Crippen MR) is 32.9 cm³/mol. The van der Waals surface area contributed by atoms with Crippen LogP contribution in [0.5, 0.6) is 0 Å². The highest BCUT2D eigenvalue weighted by Crippen LogP contribution is 2.08. The van der Waals surface area contributed by atoms with Crippen molar-refractivity contribution in [2.24, 2.45) is 0 Å². The fourth-order valence-corrected chi connectivity index (χ4v) is 1.52. The molecule has 0 aromatic rings. The predicted octanol–water partition coefficient (Wildman–Crippen LogP) is -2.48. The van der Waals surface area contributed by atoms with Crippen LogP contribution in [0.25, 0.3) is 0 Å². The van der Waals surface area contributed by atoms with Crippen molar-refractivity contribution >= 4 is 5.78 Å². The van der Waals surface area contributed by atoms with E-state index in [0.717, 1.165) is 11.6 Å². The van der Waals surface area contributed by atoms with Crippen LogP contribution in [0.3, 0.4) is 0 Å². The van der Waals surface area contributed by atoms with Gasteiger partial charge in [0, 0.05) is 0 Å². The third-order valence-corrected chi connectivity index (χ3v) is 2.06. The third kappa shape index (κ3) is 0.697. The Kier molecular flexibility index (Phi) is 1.26. The fourth-order valence-electron chi connectivity index (χ4n) is 1.52. The van der Waals surface area contributed by atoms with Crippen molar-refractivity contribution in [3.05, 3.63) is 7.05 Å². The molecule has 0 spiro atoms. The summed E-state index contributed by atoms with van der Waals surface area (Å²) < 4.78 is 5.19. The summed E-state index contributed by atoms with van der Waals surface area (Å²) in [5.41, 5.74) is 3.01. The van der Waals surface area contributed by atoms with E-state index in [0.29, 0.717) is 0 Å². The van der Waals surface area contributed by atoms with Gasteiger partial charge in [-0.15, -0.1) is 7.05 Å². The zero-order chi connectivity index (χ0) is 7.14. The number of fused-ring (bicyclic) bond motifs is 1. The van der Waals surface area contributed by atoms with E-state index in [2.05, 4.69) is 12.5 Å². The Hall–Kier alpha value is -0.450. The number of rotatable bonds is 0. The summed E-state index contributed by atoms with van der Waals surface area (Å²) in [6.45, 7) is 1.02. The Bertz CT molecular complexity index is 171. The van der Waals surface area contributed by atoms with Crippen molar-refractivity contribution in [2.75, 3.05) is 13.2 Å². The monoisotopic (exact) mass is 142 g/mol. The molecule has 2 rings (SSSR count). The lowest BCUT2D eigenvalue weighted by Gasteiger charge is -2.17. The maximum atomic E-state index is 11.0. The van der Waals surface area contributed by atoms with Crippen molar-refractivity contribution < 1.29 is 14.5 Å². The maximum Gasteiger partial charge on any atom is 0.217 e. The van der Waals surface area contributed by atoms with Crippen LogP contribution in [-0.2, 0) is 9.53 Å². The van der Waals surface area contributed by atoms with E-state index in [1.807, 2.05) is 0 Å². The summed E-state index contributed by atoms with van der Waals surface area (Å²) >= 11 is 0. The molecule has 56 valence electrons. The molecule has 0 aromatic carbocycles. The Morgan fingerprint density at radius 1 is 1.80 bits per heavy atom. The summed E-state index contributed by atoms with van der Waals surface area (Å²) in [5.74, 6) is 0.167. The van der Waals surface area contributed by atoms with Crippen molar-refractivity contribution in [3.8, 4) is 0 Å². The van der Waals surface area contributed by atoms with E-state index < -0.39 is 0 Å². The zero-order valence-corrected chi connectivity index (χ0v) is 5.59. The van der Waals surface area contributed by atoms with E-state index in [9.17, 15) is 4.79 Å². The highest BCUT2D eigenvalue weighted by atomic mass is 16.5. The highest BCUT2D eigenvalue weighted by Gasteiger charge is 2.44. The Morgan fingerprint density at radius 3 is 3.30 bits per heavy atom. The van der Waals surface area contributed by atoms with Gasteiger partial charge < -0.3 is 9.75 Å². The molecule has 0 radical (unpaired) electrons. The summed E-state index contributed by atoms with van der Waals surface area (Å²) in [7, 11) is 3.74. The van der Waals surface area contributed by atoms with Gasteiger partial charge in [-0.1, -0.05) is 0 Å². The molecule has 10 heavy (non-hydrogen) atoms. The van der Waals surface area contributed by atoms with E-state index >= 15 is 0 Å². The lowest BCUT2D eigenvalue weighted by molar-refractivity contribution is -0.902. The minimum atomic E-state index is -0.0556. The molecule has 2 heterocycles. The van der Waals surface area contributed by atoms with Crippen LogP contribution in [0.2, 0.25) is 0 Å². The molecule has 2 saturated heterocycles. The molecule has 3 atom stereocenters. The first-order valence-electron chi connectivity index (χ1n) is 3.36. The number of carbonyl (C=O) groups is 1. The second-order valence-corrected chi connectivity index (χ2v) is 2.70. The summed E-state index contributed by atoms with van der Waals surface area (Å²) in [6, 6.07) is -0.0556. The number of carbonyl (C=O) groups excluding carboxylic acids is 1. The molecule has 4 heteroatoms. The van der Waals surface area contributed by atoms with Gasteiger partial charge >= 0.3 is 0 Å². The van der Waals surface area contributed by atoms with Crippen LogP contribution >= 0.6 is 0 Å². The number of hydrogen-bond acceptors (Lipinski definition) is 3. The van der Waals surface area contributed by atoms with E-state index in [1.54, 1.807) is 0 Å². The number of ketones is 1. The first-order chi connectivity index (χ1) is 4.79. The number of nitrogens with one attached hydrogen (secondary N) is 2. The number of hydrogen-bond donors (Lipinski definition) is 2. The first-order valence-corrected chi connectivity index (χ1v) is 3.36. The molecule has 0 amide bonds. The first kappa shape index (κ1) is 6.27. The maximum absolute atomic E-state index is 11.0. The van der Waals surface area contributed by atoms with Gasteiger partial charge in [0.1, 0.15) is 12.7 Å². The molecule has 2 fully saturated rings. The van der Waals surface area contributed by atoms with Gasteiger partial charge in [0.25, 0.3) is 0 Å². The molecule has 3 unspecified atom stereocenters. The molecule has 2 aliphatic heterocycles. The standard InChI is InChI=1S/C6H10N2O2/c1-8-6-4(9)3-10-5(6)2-7-8/h5-8H,1-3H2. The Morgan fingerprint density at radius 2 is 2.60 bits per heavy atom. The van der Waals surface area contributed by atoms with E-state index in [4.69, 9.17) is 4.74 Å². The molecular formula is C6H10N2O2. The quantitative estimate of drug-likeness (QED) is 0.368. The van der Waals surface area contributed by atoms with Gasteiger partial charge in [0.2, 0.25) is 5.78 Å². The second-order valence-electron chi connectivity index (χ2n) is 2.70. The van der Waals surface area contributed by atoms with Crippen molar-refractivity contribution in [1.82, 2.24) is 5.43 Å². The number of quaternary nitrogens is 1. The summed E-state index contributed by atoms with van der Waals surface area (Å²) in [6.07, 6.45) is 0.0694. The molecule has 0 aromatic heterocycles. The van der Waals surface area contributed by atoms with E-state index in [1.165, 1.54) is 0 Å². The van der Waals surface area contributed by atoms with Gasteiger partial charge in [0.05, 0.1) is 6.54 Å². The average Bonchev–Trinajstić information content (AvgIpc) is 2.40. The van der Waals surface area contributed by atoms with Gasteiger partial charge in [-0.2, -0.15) is 5.43 Å². The van der Waals surface area contributed by atoms with Gasteiger partial charge in [0.15, 0.2) is 6.04 Å². The van der Waals surface area contributed by atoms with Crippen LogP contribution < -0.4 is 10.4 Å². The van der Waals surface area contributed by atoms with Gasteiger partial charge in [-0.05, 0) is 0 Å². The topological polar surface area (TPSA) is 42.8 Å². The molecule has 0 saturated carbocycles. The van der Waals surface area contributed by atoms with Crippen LogP contribution in [0.15, 0.2) is 0 Å². The molecule has 2 aliphatic rings.